The Morgan fingerprint density at radius 2 is 2.14 bits per heavy atom. The van der Waals surface area contributed by atoms with E-state index in [0.29, 0.717) is 24.8 Å². The van der Waals surface area contributed by atoms with Crippen molar-refractivity contribution in [1.29, 1.82) is 0 Å². The lowest BCUT2D eigenvalue weighted by Gasteiger charge is -2.38. The molecule has 1 aromatic carbocycles. The second-order valence-electron chi connectivity index (χ2n) is 9.32. The van der Waals surface area contributed by atoms with Crippen molar-refractivity contribution in [2.24, 2.45) is 0 Å². The van der Waals surface area contributed by atoms with Crippen LogP contribution in [0.2, 0.25) is 0 Å². The van der Waals surface area contributed by atoms with Crippen LogP contribution in [-0.2, 0) is 9.53 Å². The summed E-state index contributed by atoms with van der Waals surface area (Å²) in [7, 11) is 0. The second kappa shape index (κ2) is 13.5. The third kappa shape index (κ3) is 8.01. The van der Waals surface area contributed by atoms with Crippen LogP contribution >= 0.6 is 38.9 Å². The smallest absolute Gasteiger partial charge is 0.311 e. The fourth-order valence-electron chi connectivity index (χ4n) is 4.22. The van der Waals surface area contributed by atoms with Crippen molar-refractivity contribution in [3.63, 3.8) is 0 Å². The summed E-state index contributed by atoms with van der Waals surface area (Å²) in [6.07, 6.45) is 5.81. The quantitative estimate of drug-likeness (QED) is 0.0793. The van der Waals surface area contributed by atoms with Gasteiger partial charge in [-0.25, -0.2) is 4.90 Å². The van der Waals surface area contributed by atoms with Gasteiger partial charge in [-0.3, -0.25) is 9.44 Å². The number of quaternary nitrogens is 1. The first-order valence-corrected chi connectivity index (χ1v) is 14.7. The van der Waals surface area contributed by atoms with E-state index in [1.807, 2.05) is 18.2 Å². The number of alkyl halides is 2. The average molecular weight is 591 g/mol. The second-order valence-corrected chi connectivity index (χ2v) is 12.4. The predicted octanol–water partition coefficient (Wildman–Crippen LogP) is 6.78. The highest BCUT2D eigenvalue weighted by Crippen LogP contribution is 2.39. The molecule has 3 rings (SSSR count). The maximum Gasteiger partial charge on any atom is 0.311 e. The zero-order valence-corrected chi connectivity index (χ0v) is 24.0. The molecule has 2 aromatic rings. The summed E-state index contributed by atoms with van der Waals surface area (Å²) in [5.74, 6) is 0.300. The molecule has 196 valence electrons. The molecule has 35 heavy (non-hydrogen) atoms. The number of aromatic nitrogens is 1. The minimum absolute atomic E-state index is 0.0633. The summed E-state index contributed by atoms with van der Waals surface area (Å²) in [4.78, 5) is 19.4. The molecule has 1 saturated heterocycles. The molecule has 1 aliphatic rings. The largest absolute Gasteiger partial charge is 0.622 e. The molecular weight excluding hydrogens is 554 g/mol. The van der Waals surface area contributed by atoms with Gasteiger partial charge in [0.05, 0.1) is 29.8 Å². The van der Waals surface area contributed by atoms with Gasteiger partial charge in [0.25, 0.3) is 11.4 Å². The van der Waals surface area contributed by atoms with Crippen LogP contribution in [0.1, 0.15) is 65.7 Å². The number of nitrogens with zero attached hydrogens (tertiary/aromatic N) is 3. The Hall–Kier alpha value is -0.970. The Bertz CT molecular complexity index is 962. The Balaban J connectivity index is 1.78. The molecule has 0 aliphatic carbocycles. The van der Waals surface area contributed by atoms with E-state index >= 15 is 0 Å². The number of carbonyl (C=O) groups is 1. The summed E-state index contributed by atoms with van der Waals surface area (Å²) >= 11 is 11.0. The van der Waals surface area contributed by atoms with E-state index in [1.165, 1.54) is 24.2 Å². The molecule has 0 N–H and O–H groups in total. The van der Waals surface area contributed by atoms with Crippen molar-refractivity contribution < 1.29 is 14.3 Å². The van der Waals surface area contributed by atoms with E-state index < -0.39 is 16.8 Å². The monoisotopic (exact) mass is 589 g/mol. The Labute approximate surface area is 226 Å². The first-order valence-electron chi connectivity index (χ1n) is 12.6. The summed E-state index contributed by atoms with van der Waals surface area (Å²) in [6.45, 7) is 7.97. The topological polar surface area (TPSA) is 74.7 Å². The van der Waals surface area contributed by atoms with Gasteiger partial charge in [-0.05, 0) is 31.9 Å². The minimum Gasteiger partial charge on any atom is -0.622 e. The van der Waals surface area contributed by atoms with Gasteiger partial charge in [-0.1, -0.05) is 66.8 Å². The molecule has 0 amide bonds. The number of esters is 1. The molecule has 7 nitrogen and oxygen atoms in total. The number of benzene rings is 1. The highest BCUT2D eigenvalue weighted by molar-refractivity contribution is 9.09. The number of hydroxylamine groups is 2. The highest BCUT2D eigenvalue weighted by Gasteiger charge is 2.46. The lowest BCUT2D eigenvalue weighted by atomic mass is 10.2. The van der Waals surface area contributed by atoms with E-state index in [0.717, 1.165) is 41.6 Å². The first kappa shape index (κ1) is 28.6. The Kier molecular flexibility index (Phi) is 11.1. The summed E-state index contributed by atoms with van der Waals surface area (Å²) in [5.41, 5.74) is 0.728. The molecule has 4 unspecified atom stereocenters. The van der Waals surface area contributed by atoms with Crippen LogP contribution in [0.15, 0.2) is 18.2 Å². The number of thiazole rings is 1. The molecule has 0 bridgehead atoms. The lowest BCUT2D eigenvalue weighted by molar-refractivity contribution is -0.153. The lowest BCUT2D eigenvalue weighted by Crippen LogP contribution is -2.51. The van der Waals surface area contributed by atoms with Crippen LogP contribution in [0.25, 0.3) is 10.2 Å². The third-order valence-electron chi connectivity index (χ3n) is 6.00. The predicted molar refractivity (Wildman–Crippen MR) is 148 cm³/mol. The van der Waals surface area contributed by atoms with E-state index in [4.69, 9.17) is 26.1 Å². The van der Waals surface area contributed by atoms with Crippen molar-refractivity contribution in [3.05, 3.63) is 23.4 Å². The number of rotatable bonds is 14. The molecule has 1 aromatic heterocycles. The molecule has 0 spiro atoms. The van der Waals surface area contributed by atoms with E-state index in [2.05, 4.69) is 34.7 Å². The number of hydrogen-bond acceptors (Lipinski definition) is 7. The number of halogens is 2. The van der Waals surface area contributed by atoms with Gasteiger partial charge in [0.1, 0.15) is 12.4 Å². The normalized spacial score (nSPS) is 22.4. The van der Waals surface area contributed by atoms with Gasteiger partial charge in [0, 0.05) is 22.8 Å². The molecule has 0 saturated carbocycles. The summed E-state index contributed by atoms with van der Waals surface area (Å²) < 4.78 is 11.7. The van der Waals surface area contributed by atoms with Crippen molar-refractivity contribution in [2.75, 3.05) is 26.4 Å². The fraction of sp³-hybridized carbons (Fsp3) is 0.680. The molecule has 10 heteroatoms. The van der Waals surface area contributed by atoms with Crippen LogP contribution in [-0.4, -0.2) is 58.7 Å². The third-order valence-corrected chi connectivity index (χ3v) is 8.05. The first-order chi connectivity index (χ1) is 16.7. The van der Waals surface area contributed by atoms with Crippen LogP contribution in [0.4, 0.5) is 5.13 Å². The molecule has 4 atom stereocenters. The van der Waals surface area contributed by atoms with Gasteiger partial charge in [0.2, 0.25) is 0 Å². The van der Waals surface area contributed by atoms with Crippen molar-refractivity contribution in [2.45, 2.75) is 82.1 Å². The van der Waals surface area contributed by atoms with Crippen molar-refractivity contribution in [3.8, 4) is 5.75 Å². The summed E-state index contributed by atoms with van der Waals surface area (Å²) in [5, 5.41) is 14.3. The molecule has 2 heterocycles. The summed E-state index contributed by atoms with van der Waals surface area (Å²) in [6, 6.07) is 5.76. The van der Waals surface area contributed by atoms with E-state index in [-0.39, 0.29) is 23.3 Å². The van der Waals surface area contributed by atoms with Crippen LogP contribution in [0, 0.1) is 5.21 Å². The number of hydrogen-bond donors (Lipinski definition) is 0. The average Bonchev–Trinajstić information content (AvgIpc) is 3.34. The standard InChI is InChI=1S/C25H37BrClN3O4S/c1-4-6-7-8-12-33-20-10-11-22-21(14-20)28-25(35-22)30(32)17-29(15-19(26)9-5-2)16-23(30)34-24(31)13-18(3)27/h10-11,14,18-19,23H,4-9,12-13,15-17H2,1-3H3. The van der Waals surface area contributed by atoms with E-state index in [9.17, 15) is 10.0 Å². The zero-order chi connectivity index (χ0) is 25.4. The number of fused-ring (bicyclic) bond motifs is 1. The van der Waals surface area contributed by atoms with Gasteiger partial charge >= 0.3 is 5.97 Å². The van der Waals surface area contributed by atoms with Crippen LogP contribution in [0.3, 0.4) is 0 Å². The highest BCUT2D eigenvalue weighted by atomic mass is 79.9. The number of ether oxygens (including phenoxy) is 2. The maximum absolute atomic E-state index is 14.2. The Morgan fingerprint density at radius 1 is 1.34 bits per heavy atom. The zero-order valence-electron chi connectivity index (χ0n) is 20.9. The van der Waals surface area contributed by atoms with Gasteiger partial charge in [0.15, 0.2) is 0 Å². The SMILES string of the molecule is CCCCCCOc1ccc2sc([N+]3([O-])CN(CC(Br)CCC)CC3OC(=O)CC(C)Cl)nc2c1. The Morgan fingerprint density at radius 3 is 2.86 bits per heavy atom. The minimum atomic E-state index is -0.880. The maximum atomic E-state index is 14.2. The van der Waals surface area contributed by atoms with Crippen LogP contribution < -0.4 is 9.38 Å². The van der Waals surface area contributed by atoms with Gasteiger partial charge < -0.3 is 14.7 Å². The van der Waals surface area contributed by atoms with Crippen LogP contribution in [0.5, 0.6) is 5.75 Å². The fourth-order valence-corrected chi connectivity index (χ4v) is 6.23. The van der Waals surface area contributed by atoms with Crippen molar-refractivity contribution in [1.82, 2.24) is 14.5 Å². The molecular formula is C25H37BrClN3O4S. The number of carbonyl (C=O) groups excluding carboxylic acids is 1. The van der Waals surface area contributed by atoms with E-state index in [1.54, 1.807) is 6.92 Å². The van der Waals surface area contributed by atoms with Gasteiger partial charge in [-0.15, -0.1) is 11.6 Å². The molecule has 0 radical (unpaired) electrons. The number of unbranched alkanes of at least 4 members (excludes halogenated alkanes) is 3. The molecule has 1 aliphatic heterocycles. The van der Waals surface area contributed by atoms with Crippen molar-refractivity contribution >= 4 is 60.2 Å². The molecule has 1 fully saturated rings. The van der Waals surface area contributed by atoms with Gasteiger partial charge in [-0.2, -0.15) is 4.98 Å².